The number of aliphatic carboxylic acids is 1. The highest BCUT2D eigenvalue weighted by atomic mass is 16.4. The first-order valence-electron chi connectivity index (χ1n) is 6.76. The summed E-state index contributed by atoms with van der Waals surface area (Å²) in [5.74, 6) is -0.0562. The van der Waals surface area contributed by atoms with Crippen molar-refractivity contribution in [3.05, 3.63) is 0 Å². The molecule has 1 saturated heterocycles. The number of carbonyl (C=O) groups is 2. The summed E-state index contributed by atoms with van der Waals surface area (Å²) in [6.45, 7) is 5.48. The number of rotatable bonds is 7. The Kier molecular flexibility index (Phi) is 6.72. The van der Waals surface area contributed by atoms with Gasteiger partial charge in [-0.1, -0.05) is 0 Å². The van der Waals surface area contributed by atoms with E-state index in [0.717, 1.165) is 51.9 Å². The van der Waals surface area contributed by atoms with Crippen LogP contribution in [0.3, 0.4) is 0 Å². The minimum absolute atomic E-state index is 0.0473. The van der Waals surface area contributed by atoms with Crippen LogP contribution in [0, 0.1) is 5.92 Å². The molecule has 0 aliphatic carbocycles. The number of carbonyl (C=O) groups excluding carboxylic acids is 1. The molecule has 104 valence electrons. The molecule has 2 N–H and O–H groups in total. The molecule has 1 fully saturated rings. The van der Waals surface area contributed by atoms with E-state index in [1.54, 1.807) is 6.92 Å². The topological polar surface area (TPSA) is 69.6 Å². The van der Waals surface area contributed by atoms with Crippen molar-refractivity contribution in [2.45, 2.75) is 39.0 Å². The molecule has 1 aliphatic heterocycles. The second-order valence-corrected chi connectivity index (χ2v) is 5.07. The van der Waals surface area contributed by atoms with E-state index in [-0.39, 0.29) is 12.3 Å². The van der Waals surface area contributed by atoms with Gasteiger partial charge in [-0.05, 0) is 51.2 Å². The number of amides is 1. The molecule has 0 unspecified atom stereocenters. The van der Waals surface area contributed by atoms with E-state index < -0.39 is 5.97 Å². The summed E-state index contributed by atoms with van der Waals surface area (Å²) < 4.78 is 0. The Morgan fingerprint density at radius 3 is 2.50 bits per heavy atom. The zero-order valence-electron chi connectivity index (χ0n) is 11.2. The Balaban J connectivity index is 2.04. The third kappa shape index (κ3) is 6.59. The van der Waals surface area contributed by atoms with Gasteiger partial charge in [0, 0.05) is 19.9 Å². The molecule has 1 rings (SSSR count). The number of hydrogen-bond acceptors (Lipinski definition) is 3. The SMILES string of the molecule is CC(=O)NCC1CCN(CCCCC(=O)O)CC1. The molecule has 0 spiro atoms. The maximum absolute atomic E-state index is 10.8. The average Bonchev–Trinajstić information content (AvgIpc) is 2.33. The predicted octanol–water partition coefficient (Wildman–Crippen LogP) is 1.09. The molecule has 1 amide bonds. The van der Waals surface area contributed by atoms with E-state index >= 15 is 0 Å². The number of carboxylic acid groups (broad SMARTS) is 1. The number of nitrogens with one attached hydrogen (secondary N) is 1. The number of unbranched alkanes of at least 4 members (excludes halogenated alkanes) is 1. The van der Waals surface area contributed by atoms with Crippen LogP contribution in [0.2, 0.25) is 0 Å². The van der Waals surface area contributed by atoms with E-state index in [9.17, 15) is 9.59 Å². The largest absolute Gasteiger partial charge is 0.481 e. The van der Waals surface area contributed by atoms with E-state index in [4.69, 9.17) is 5.11 Å². The van der Waals surface area contributed by atoms with Crippen LogP contribution in [-0.2, 0) is 9.59 Å². The van der Waals surface area contributed by atoms with Crippen LogP contribution >= 0.6 is 0 Å². The zero-order valence-corrected chi connectivity index (χ0v) is 11.2. The molecule has 0 atom stereocenters. The van der Waals surface area contributed by atoms with Crippen LogP contribution < -0.4 is 5.32 Å². The summed E-state index contributed by atoms with van der Waals surface area (Å²) in [5, 5.41) is 11.4. The predicted molar refractivity (Wildman–Crippen MR) is 69.3 cm³/mol. The maximum atomic E-state index is 10.8. The van der Waals surface area contributed by atoms with Crippen molar-refractivity contribution in [2.75, 3.05) is 26.2 Å². The zero-order chi connectivity index (χ0) is 13.4. The lowest BCUT2D eigenvalue weighted by Crippen LogP contribution is -2.38. The summed E-state index contributed by atoms with van der Waals surface area (Å²) in [4.78, 5) is 23.6. The van der Waals surface area contributed by atoms with E-state index in [0.29, 0.717) is 5.92 Å². The molecule has 1 aliphatic rings. The smallest absolute Gasteiger partial charge is 0.303 e. The van der Waals surface area contributed by atoms with Gasteiger partial charge in [0.2, 0.25) is 5.91 Å². The fourth-order valence-electron chi connectivity index (χ4n) is 2.31. The number of hydrogen-bond donors (Lipinski definition) is 2. The van der Waals surface area contributed by atoms with Gasteiger partial charge in [-0.3, -0.25) is 9.59 Å². The minimum atomic E-state index is -0.705. The fourth-order valence-corrected chi connectivity index (χ4v) is 2.31. The summed E-state index contributed by atoms with van der Waals surface area (Å²) in [7, 11) is 0. The van der Waals surface area contributed by atoms with Gasteiger partial charge in [-0.25, -0.2) is 0 Å². The van der Waals surface area contributed by atoms with Gasteiger partial charge in [0.1, 0.15) is 0 Å². The van der Waals surface area contributed by atoms with Crippen LogP contribution in [0.25, 0.3) is 0 Å². The molecule has 1 heterocycles. The molecule has 0 aromatic heterocycles. The first-order chi connectivity index (χ1) is 8.58. The van der Waals surface area contributed by atoms with Crippen molar-refractivity contribution in [3.8, 4) is 0 Å². The highest BCUT2D eigenvalue weighted by molar-refractivity contribution is 5.72. The van der Waals surface area contributed by atoms with Crippen molar-refractivity contribution in [2.24, 2.45) is 5.92 Å². The normalized spacial score (nSPS) is 17.6. The number of carboxylic acids is 1. The standard InChI is InChI=1S/C13H24N2O3/c1-11(16)14-10-12-5-8-15(9-6-12)7-3-2-4-13(17)18/h12H,2-10H2,1H3,(H,14,16)(H,17,18). The highest BCUT2D eigenvalue weighted by Gasteiger charge is 2.18. The quantitative estimate of drug-likeness (QED) is 0.669. The van der Waals surface area contributed by atoms with Crippen molar-refractivity contribution in [3.63, 3.8) is 0 Å². The van der Waals surface area contributed by atoms with Crippen LogP contribution in [-0.4, -0.2) is 48.1 Å². The Bertz CT molecular complexity index is 273. The summed E-state index contributed by atoms with van der Waals surface area (Å²) in [5.41, 5.74) is 0. The summed E-state index contributed by atoms with van der Waals surface area (Å²) in [6, 6.07) is 0. The second-order valence-electron chi connectivity index (χ2n) is 5.07. The molecule has 0 radical (unpaired) electrons. The Labute approximate surface area is 109 Å². The van der Waals surface area contributed by atoms with Crippen molar-refractivity contribution in [1.29, 1.82) is 0 Å². The van der Waals surface area contributed by atoms with Crippen molar-refractivity contribution < 1.29 is 14.7 Å². The number of piperidine rings is 1. The molecular formula is C13H24N2O3. The monoisotopic (exact) mass is 256 g/mol. The van der Waals surface area contributed by atoms with Crippen molar-refractivity contribution in [1.82, 2.24) is 10.2 Å². The molecule has 0 aromatic carbocycles. The Morgan fingerprint density at radius 1 is 1.28 bits per heavy atom. The van der Waals surface area contributed by atoms with Gasteiger partial charge in [-0.2, -0.15) is 0 Å². The molecule has 0 aromatic rings. The lowest BCUT2D eigenvalue weighted by atomic mass is 9.96. The van der Waals surface area contributed by atoms with Crippen LogP contribution in [0.5, 0.6) is 0 Å². The van der Waals surface area contributed by atoms with Crippen LogP contribution in [0.4, 0.5) is 0 Å². The van der Waals surface area contributed by atoms with E-state index in [1.165, 1.54) is 0 Å². The Hall–Kier alpha value is -1.10. The van der Waals surface area contributed by atoms with E-state index in [1.807, 2.05) is 0 Å². The van der Waals surface area contributed by atoms with Crippen LogP contribution in [0.1, 0.15) is 39.0 Å². The third-order valence-corrected chi connectivity index (χ3v) is 3.46. The molecular weight excluding hydrogens is 232 g/mol. The summed E-state index contributed by atoms with van der Waals surface area (Å²) in [6.07, 6.45) is 4.25. The number of likely N-dealkylation sites (tertiary alicyclic amines) is 1. The first-order valence-corrected chi connectivity index (χ1v) is 6.76. The van der Waals surface area contributed by atoms with Gasteiger partial charge < -0.3 is 15.3 Å². The average molecular weight is 256 g/mol. The maximum Gasteiger partial charge on any atom is 0.303 e. The fraction of sp³-hybridized carbons (Fsp3) is 0.846. The lowest BCUT2D eigenvalue weighted by Gasteiger charge is -2.31. The molecule has 5 heteroatoms. The van der Waals surface area contributed by atoms with Gasteiger partial charge in [0.25, 0.3) is 0 Å². The van der Waals surface area contributed by atoms with Gasteiger partial charge in [0.05, 0.1) is 0 Å². The van der Waals surface area contributed by atoms with Gasteiger partial charge in [-0.15, -0.1) is 0 Å². The highest BCUT2D eigenvalue weighted by Crippen LogP contribution is 2.16. The lowest BCUT2D eigenvalue weighted by molar-refractivity contribution is -0.137. The molecule has 5 nitrogen and oxygen atoms in total. The first kappa shape index (κ1) is 15.0. The van der Waals surface area contributed by atoms with Gasteiger partial charge in [0.15, 0.2) is 0 Å². The van der Waals surface area contributed by atoms with Crippen molar-refractivity contribution >= 4 is 11.9 Å². The molecule has 0 saturated carbocycles. The van der Waals surface area contributed by atoms with Gasteiger partial charge >= 0.3 is 5.97 Å². The van der Waals surface area contributed by atoms with Crippen LogP contribution in [0.15, 0.2) is 0 Å². The second kappa shape index (κ2) is 8.08. The molecule has 0 bridgehead atoms. The summed E-state index contributed by atoms with van der Waals surface area (Å²) >= 11 is 0. The third-order valence-electron chi connectivity index (χ3n) is 3.46. The molecule has 18 heavy (non-hydrogen) atoms. The minimum Gasteiger partial charge on any atom is -0.481 e. The number of nitrogens with zero attached hydrogens (tertiary/aromatic N) is 1. The Morgan fingerprint density at radius 2 is 1.94 bits per heavy atom. The van der Waals surface area contributed by atoms with E-state index in [2.05, 4.69) is 10.2 Å².